The monoisotopic (exact) mass is 342 g/mol. The van der Waals surface area contributed by atoms with Crippen LogP contribution in [0.25, 0.3) is 0 Å². The SMILES string of the molecule is CC(C)N(CCO)CC(=O)NC(=O)c1ccccc1Br. The number of nitrogens with one attached hydrogen (secondary N) is 1. The van der Waals surface area contributed by atoms with Gasteiger partial charge in [-0.05, 0) is 41.9 Å². The molecule has 0 bridgehead atoms. The van der Waals surface area contributed by atoms with E-state index in [1.807, 2.05) is 13.8 Å². The molecule has 0 atom stereocenters. The molecule has 0 saturated carbocycles. The van der Waals surface area contributed by atoms with E-state index in [1.165, 1.54) is 0 Å². The third kappa shape index (κ3) is 5.03. The minimum absolute atomic E-state index is 0.0242. The third-order valence-corrected chi connectivity index (χ3v) is 3.53. The molecule has 20 heavy (non-hydrogen) atoms. The van der Waals surface area contributed by atoms with Crippen LogP contribution in [0.4, 0.5) is 0 Å². The van der Waals surface area contributed by atoms with Crippen LogP contribution in [0.5, 0.6) is 0 Å². The number of nitrogens with zero attached hydrogens (tertiary/aromatic N) is 1. The van der Waals surface area contributed by atoms with Gasteiger partial charge in [0, 0.05) is 17.1 Å². The fourth-order valence-corrected chi connectivity index (χ4v) is 2.18. The number of aliphatic hydroxyl groups excluding tert-OH is 1. The number of benzene rings is 1. The second kappa shape index (κ2) is 8.14. The van der Waals surface area contributed by atoms with Gasteiger partial charge in [-0.1, -0.05) is 12.1 Å². The Morgan fingerprint density at radius 2 is 2.00 bits per heavy atom. The molecule has 0 spiro atoms. The summed E-state index contributed by atoms with van der Waals surface area (Å²) in [6.07, 6.45) is 0. The van der Waals surface area contributed by atoms with Crippen molar-refractivity contribution in [1.82, 2.24) is 10.2 Å². The zero-order valence-electron chi connectivity index (χ0n) is 11.6. The summed E-state index contributed by atoms with van der Waals surface area (Å²) in [6, 6.07) is 7.03. The number of carbonyl (C=O) groups is 2. The van der Waals surface area contributed by atoms with Gasteiger partial charge in [0.05, 0.1) is 18.7 Å². The van der Waals surface area contributed by atoms with E-state index < -0.39 is 5.91 Å². The predicted molar refractivity (Wildman–Crippen MR) is 80.4 cm³/mol. The largest absolute Gasteiger partial charge is 0.395 e. The number of rotatable bonds is 6. The van der Waals surface area contributed by atoms with Gasteiger partial charge in [0.25, 0.3) is 5.91 Å². The van der Waals surface area contributed by atoms with E-state index in [1.54, 1.807) is 29.2 Å². The van der Waals surface area contributed by atoms with Gasteiger partial charge < -0.3 is 5.11 Å². The van der Waals surface area contributed by atoms with Crippen LogP contribution < -0.4 is 5.32 Å². The number of aliphatic hydroxyl groups is 1. The zero-order valence-corrected chi connectivity index (χ0v) is 13.2. The zero-order chi connectivity index (χ0) is 15.1. The smallest absolute Gasteiger partial charge is 0.259 e. The van der Waals surface area contributed by atoms with Crippen LogP contribution in [0.15, 0.2) is 28.7 Å². The molecule has 0 heterocycles. The van der Waals surface area contributed by atoms with E-state index in [0.717, 1.165) is 0 Å². The summed E-state index contributed by atoms with van der Waals surface area (Å²) in [5, 5.41) is 11.3. The molecule has 1 rings (SSSR count). The van der Waals surface area contributed by atoms with Crippen LogP contribution in [0, 0.1) is 0 Å². The molecular weight excluding hydrogens is 324 g/mol. The van der Waals surface area contributed by atoms with E-state index >= 15 is 0 Å². The van der Waals surface area contributed by atoms with Crippen molar-refractivity contribution >= 4 is 27.7 Å². The van der Waals surface area contributed by atoms with Crippen LogP contribution in [0.1, 0.15) is 24.2 Å². The summed E-state index contributed by atoms with van der Waals surface area (Å²) in [6.45, 7) is 4.31. The Morgan fingerprint density at radius 1 is 1.35 bits per heavy atom. The molecule has 0 unspecified atom stereocenters. The molecule has 2 N–H and O–H groups in total. The molecule has 2 amide bonds. The summed E-state index contributed by atoms with van der Waals surface area (Å²) in [5.41, 5.74) is 0.416. The number of imide groups is 1. The van der Waals surface area contributed by atoms with Gasteiger partial charge in [-0.3, -0.25) is 19.8 Å². The summed E-state index contributed by atoms with van der Waals surface area (Å²) in [7, 11) is 0. The first-order valence-electron chi connectivity index (χ1n) is 6.39. The lowest BCUT2D eigenvalue weighted by Crippen LogP contribution is -2.43. The standard InChI is InChI=1S/C14H19BrN2O3/c1-10(2)17(7-8-18)9-13(19)16-14(20)11-5-3-4-6-12(11)15/h3-6,10,18H,7-9H2,1-2H3,(H,16,19,20). The van der Waals surface area contributed by atoms with Gasteiger partial charge in [-0.25, -0.2) is 0 Å². The first kappa shape index (κ1) is 16.8. The fourth-order valence-electron chi connectivity index (χ4n) is 1.71. The van der Waals surface area contributed by atoms with Crippen LogP contribution in [0.2, 0.25) is 0 Å². The molecule has 0 aromatic heterocycles. The van der Waals surface area contributed by atoms with Crippen molar-refractivity contribution < 1.29 is 14.7 Å². The van der Waals surface area contributed by atoms with Crippen molar-refractivity contribution in [3.63, 3.8) is 0 Å². The fraction of sp³-hybridized carbons (Fsp3) is 0.429. The van der Waals surface area contributed by atoms with Crippen LogP contribution >= 0.6 is 15.9 Å². The normalized spacial score (nSPS) is 10.9. The van der Waals surface area contributed by atoms with E-state index in [9.17, 15) is 9.59 Å². The second-order valence-electron chi connectivity index (χ2n) is 4.64. The lowest BCUT2D eigenvalue weighted by atomic mass is 10.2. The van der Waals surface area contributed by atoms with Crippen LogP contribution in [-0.2, 0) is 4.79 Å². The molecule has 0 radical (unpaired) electrons. The number of hydrogen-bond acceptors (Lipinski definition) is 4. The van der Waals surface area contributed by atoms with Crippen molar-refractivity contribution in [1.29, 1.82) is 0 Å². The third-order valence-electron chi connectivity index (χ3n) is 2.84. The Labute approximate surface area is 127 Å². The van der Waals surface area contributed by atoms with Gasteiger partial charge in [-0.15, -0.1) is 0 Å². The highest BCUT2D eigenvalue weighted by Crippen LogP contribution is 2.15. The van der Waals surface area contributed by atoms with E-state index in [4.69, 9.17) is 5.11 Å². The Balaban J connectivity index is 2.62. The Hall–Kier alpha value is -1.24. The molecule has 5 nitrogen and oxygen atoms in total. The average molecular weight is 343 g/mol. The van der Waals surface area contributed by atoms with E-state index in [-0.39, 0.29) is 25.1 Å². The van der Waals surface area contributed by atoms with Gasteiger partial charge >= 0.3 is 0 Å². The minimum Gasteiger partial charge on any atom is -0.395 e. The molecule has 1 aromatic rings. The Morgan fingerprint density at radius 3 is 2.55 bits per heavy atom. The van der Waals surface area contributed by atoms with E-state index in [0.29, 0.717) is 16.6 Å². The molecular formula is C14H19BrN2O3. The van der Waals surface area contributed by atoms with Crippen molar-refractivity contribution in [2.24, 2.45) is 0 Å². The van der Waals surface area contributed by atoms with Crippen molar-refractivity contribution in [2.45, 2.75) is 19.9 Å². The number of hydrogen-bond donors (Lipinski definition) is 2. The van der Waals surface area contributed by atoms with Gasteiger partial charge in [0.1, 0.15) is 0 Å². The molecule has 1 aromatic carbocycles. The van der Waals surface area contributed by atoms with Gasteiger partial charge in [0.15, 0.2) is 0 Å². The van der Waals surface area contributed by atoms with Gasteiger partial charge in [-0.2, -0.15) is 0 Å². The number of carbonyl (C=O) groups excluding carboxylic acids is 2. The average Bonchev–Trinajstić information content (AvgIpc) is 2.38. The molecule has 6 heteroatoms. The molecule has 0 aliphatic carbocycles. The molecule has 110 valence electrons. The van der Waals surface area contributed by atoms with Crippen molar-refractivity contribution in [3.05, 3.63) is 34.3 Å². The maximum absolute atomic E-state index is 12.0. The molecule has 0 aliphatic rings. The molecule has 0 aliphatic heterocycles. The second-order valence-corrected chi connectivity index (χ2v) is 5.50. The highest BCUT2D eigenvalue weighted by atomic mass is 79.9. The maximum atomic E-state index is 12.0. The highest BCUT2D eigenvalue weighted by molar-refractivity contribution is 9.10. The maximum Gasteiger partial charge on any atom is 0.259 e. The quantitative estimate of drug-likeness (QED) is 0.820. The number of halogens is 1. The van der Waals surface area contributed by atoms with Crippen molar-refractivity contribution in [3.8, 4) is 0 Å². The Kier molecular flexibility index (Phi) is 6.84. The minimum atomic E-state index is -0.435. The van der Waals surface area contributed by atoms with Crippen molar-refractivity contribution in [2.75, 3.05) is 19.7 Å². The van der Waals surface area contributed by atoms with Crippen LogP contribution in [-0.4, -0.2) is 47.6 Å². The summed E-state index contributed by atoms with van der Waals surface area (Å²) in [4.78, 5) is 25.6. The lowest BCUT2D eigenvalue weighted by Gasteiger charge is -2.24. The summed E-state index contributed by atoms with van der Waals surface area (Å²) in [5.74, 6) is -0.817. The summed E-state index contributed by atoms with van der Waals surface area (Å²) < 4.78 is 0.640. The molecule has 0 saturated heterocycles. The van der Waals surface area contributed by atoms with Gasteiger partial charge in [0.2, 0.25) is 5.91 Å². The predicted octanol–water partition coefficient (Wildman–Crippen LogP) is 1.41. The Bertz CT molecular complexity index is 477. The molecule has 0 fully saturated rings. The lowest BCUT2D eigenvalue weighted by molar-refractivity contribution is -0.121. The first-order valence-corrected chi connectivity index (χ1v) is 7.18. The highest BCUT2D eigenvalue weighted by Gasteiger charge is 2.17. The first-order chi connectivity index (χ1) is 9.45. The summed E-state index contributed by atoms with van der Waals surface area (Å²) >= 11 is 3.27. The van der Waals surface area contributed by atoms with Crippen LogP contribution in [0.3, 0.4) is 0 Å². The topological polar surface area (TPSA) is 69.6 Å². The number of amides is 2. The van der Waals surface area contributed by atoms with E-state index in [2.05, 4.69) is 21.2 Å².